The maximum absolute atomic E-state index is 6.54. The number of hydrogen-bond acceptors (Lipinski definition) is 4. The standard InChI is InChI=1S/C25H23N5/c1-16-22(17-9-11-18(12-10-17)25(26)13-5-14-25)30-21-8-4-15-27-23(21)29-20-7-3-2-6-19(20)24(30)28-16/h2-4,6-12,15H,5,13-14,26H2,1H3,(H,27,29). The highest BCUT2D eigenvalue weighted by Crippen LogP contribution is 2.42. The third-order valence-corrected chi connectivity index (χ3v) is 6.48. The lowest BCUT2D eigenvalue weighted by Crippen LogP contribution is -2.43. The van der Waals surface area contributed by atoms with Gasteiger partial charge in [-0.2, -0.15) is 0 Å². The molecule has 1 aliphatic heterocycles. The van der Waals surface area contributed by atoms with Gasteiger partial charge >= 0.3 is 0 Å². The van der Waals surface area contributed by atoms with Crippen LogP contribution in [0.2, 0.25) is 0 Å². The Morgan fingerprint density at radius 3 is 2.57 bits per heavy atom. The van der Waals surface area contributed by atoms with Crippen LogP contribution in [0.15, 0.2) is 66.9 Å². The number of para-hydroxylation sites is 1. The van der Waals surface area contributed by atoms with E-state index in [1.165, 1.54) is 12.0 Å². The summed E-state index contributed by atoms with van der Waals surface area (Å²) in [7, 11) is 0. The number of nitrogens with zero attached hydrogens (tertiary/aromatic N) is 3. The molecule has 0 atom stereocenters. The molecule has 5 nitrogen and oxygen atoms in total. The van der Waals surface area contributed by atoms with Crippen LogP contribution in [0.5, 0.6) is 0 Å². The number of aryl methyl sites for hydroxylation is 1. The normalized spacial score (nSPS) is 15.8. The van der Waals surface area contributed by atoms with Crippen LogP contribution in [0.1, 0.15) is 30.5 Å². The van der Waals surface area contributed by atoms with Crippen molar-refractivity contribution >= 4 is 11.5 Å². The lowest BCUT2D eigenvalue weighted by Gasteiger charge is -2.38. The smallest absolute Gasteiger partial charge is 0.154 e. The molecular weight excluding hydrogens is 370 g/mol. The zero-order chi connectivity index (χ0) is 20.3. The van der Waals surface area contributed by atoms with E-state index in [9.17, 15) is 0 Å². The van der Waals surface area contributed by atoms with Crippen LogP contribution in [0.4, 0.5) is 11.5 Å². The molecule has 1 aliphatic carbocycles. The van der Waals surface area contributed by atoms with E-state index in [2.05, 4.69) is 64.3 Å². The SMILES string of the molecule is Cc1nc2n(c1-c1ccc(C3(N)CCC3)cc1)-c1cccnc1Nc1ccccc1-2. The fourth-order valence-corrected chi connectivity index (χ4v) is 4.68. The van der Waals surface area contributed by atoms with Crippen molar-refractivity contribution in [1.29, 1.82) is 0 Å². The summed E-state index contributed by atoms with van der Waals surface area (Å²) in [4.78, 5) is 9.61. The lowest BCUT2D eigenvalue weighted by atomic mass is 9.72. The number of rotatable bonds is 2. The van der Waals surface area contributed by atoms with Gasteiger partial charge in [0.1, 0.15) is 5.82 Å². The fourth-order valence-electron chi connectivity index (χ4n) is 4.68. The van der Waals surface area contributed by atoms with Gasteiger partial charge in [0.2, 0.25) is 0 Å². The Balaban J connectivity index is 1.58. The van der Waals surface area contributed by atoms with Gasteiger partial charge in [-0.25, -0.2) is 9.97 Å². The first-order valence-electron chi connectivity index (χ1n) is 10.4. The number of hydrogen-bond donors (Lipinski definition) is 2. The number of nitrogens with one attached hydrogen (secondary N) is 1. The Hall–Kier alpha value is -3.44. The summed E-state index contributed by atoms with van der Waals surface area (Å²) < 4.78 is 2.23. The van der Waals surface area contributed by atoms with Gasteiger partial charge in [0, 0.05) is 22.9 Å². The van der Waals surface area contributed by atoms with Crippen LogP contribution in [0.25, 0.3) is 28.3 Å². The van der Waals surface area contributed by atoms with Crippen molar-refractivity contribution < 1.29 is 0 Å². The topological polar surface area (TPSA) is 68.8 Å². The summed E-state index contributed by atoms with van der Waals surface area (Å²) in [6.07, 6.45) is 5.16. The van der Waals surface area contributed by atoms with E-state index >= 15 is 0 Å². The summed E-state index contributed by atoms with van der Waals surface area (Å²) in [6.45, 7) is 2.08. The summed E-state index contributed by atoms with van der Waals surface area (Å²) >= 11 is 0. The largest absolute Gasteiger partial charge is 0.338 e. The first-order chi connectivity index (χ1) is 14.6. The fraction of sp³-hybridized carbons (Fsp3) is 0.200. The molecule has 0 spiro atoms. The molecule has 4 aromatic rings. The maximum atomic E-state index is 6.54. The predicted molar refractivity (Wildman–Crippen MR) is 120 cm³/mol. The van der Waals surface area contributed by atoms with Crippen molar-refractivity contribution in [2.75, 3.05) is 5.32 Å². The van der Waals surface area contributed by atoms with Crippen LogP contribution in [0.3, 0.4) is 0 Å². The van der Waals surface area contributed by atoms with Crippen LogP contribution in [-0.2, 0) is 5.54 Å². The highest BCUT2D eigenvalue weighted by molar-refractivity contribution is 5.86. The Morgan fingerprint density at radius 1 is 1.00 bits per heavy atom. The minimum absolute atomic E-state index is 0.152. The molecule has 148 valence electrons. The highest BCUT2D eigenvalue weighted by atomic mass is 15.2. The van der Waals surface area contributed by atoms with E-state index in [4.69, 9.17) is 10.7 Å². The average Bonchev–Trinajstić information content (AvgIpc) is 3.03. The molecule has 0 radical (unpaired) electrons. The van der Waals surface area contributed by atoms with Crippen LogP contribution < -0.4 is 11.1 Å². The number of benzene rings is 2. The molecule has 30 heavy (non-hydrogen) atoms. The van der Waals surface area contributed by atoms with Gasteiger partial charge in [0.15, 0.2) is 5.82 Å². The number of pyridine rings is 1. The summed E-state index contributed by atoms with van der Waals surface area (Å²) in [6, 6.07) is 21.0. The molecule has 3 heterocycles. The molecule has 1 fully saturated rings. The van der Waals surface area contributed by atoms with Gasteiger partial charge in [-0.3, -0.25) is 4.57 Å². The molecule has 3 N–H and O–H groups in total. The molecular formula is C25H23N5. The van der Waals surface area contributed by atoms with E-state index in [1.54, 1.807) is 0 Å². The monoisotopic (exact) mass is 393 g/mol. The number of aromatic nitrogens is 3. The second-order valence-electron chi connectivity index (χ2n) is 8.33. The third-order valence-electron chi connectivity index (χ3n) is 6.48. The summed E-state index contributed by atoms with van der Waals surface area (Å²) in [5.41, 5.74) is 13.9. The van der Waals surface area contributed by atoms with Crippen molar-refractivity contribution in [2.45, 2.75) is 31.7 Å². The average molecular weight is 393 g/mol. The van der Waals surface area contributed by atoms with Crippen molar-refractivity contribution in [3.8, 4) is 28.3 Å². The molecule has 2 aromatic heterocycles. The van der Waals surface area contributed by atoms with Crippen molar-refractivity contribution in [1.82, 2.24) is 14.5 Å². The van der Waals surface area contributed by atoms with Gasteiger partial charge < -0.3 is 11.1 Å². The van der Waals surface area contributed by atoms with Gasteiger partial charge in [0.05, 0.1) is 22.8 Å². The minimum Gasteiger partial charge on any atom is -0.338 e. The first-order valence-corrected chi connectivity index (χ1v) is 10.4. The van der Waals surface area contributed by atoms with Crippen LogP contribution in [0, 0.1) is 6.92 Å². The molecule has 1 saturated carbocycles. The van der Waals surface area contributed by atoms with E-state index in [-0.39, 0.29) is 5.54 Å². The summed E-state index contributed by atoms with van der Waals surface area (Å²) in [5, 5.41) is 3.49. The van der Waals surface area contributed by atoms with Gasteiger partial charge in [-0.1, -0.05) is 36.4 Å². The summed E-state index contributed by atoms with van der Waals surface area (Å²) in [5.74, 6) is 1.75. The maximum Gasteiger partial charge on any atom is 0.154 e. The molecule has 2 aliphatic rings. The first kappa shape index (κ1) is 17.4. The lowest BCUT2D eigenvalue weighted by molar-refractivity contribution is 0.253. The molecule has 0 bridgehead atoms. The highest BCUT2D eigenvalue weighted by Gasteiger charge is 2.34. The van der Waals surface area contributed by atoms with Gasteiger partial charge in [0.25, 0.3) is 0 Å². The zero-order valence-corrected chi connectivity index (χ0v) is 16.9. The second kappa shape index (κ2) is 6.28. The van der Waals surface area contributed by atoms with E-state index in [0.29, 0.717) is 0 Å². The third kappa shape index (κ3) is 2.45. The van der Waals surface area contributed by atoms with E-state index in [1.807, 2.05) is 24.4 Å². The number of fused-ring (bicyclic) bond motifs is 5. The van der Waals surface area contributed by atoms with Crippen molar-refractivity contribution in [3.63, 3.8) is 0 Å². The molecule has 6 rings (SSSR count). The van der Waals surface area contributed by atoms with Crippen LogP contribution in [-0.4, -0.2) is 14.5 Å². The predicted octanol–water partition coefficient (Wildman–Crippen LogP) is 5.30. The van der Waals surface area contributed by atoms with E-state index in [0.717, 1.165) is 58.4 Å². The molecule has 2 aromatic carbocycles. The minimum atomic E-state index is -0.152. The van der Waals surface area contributed by atoms with Crippen molar-refractivity contribution in [2.24, 2.45) is 5.73 Å². The van der Waals surface area contributed by atoms with E-state index < -0.39 is 0 Å². The molecule has 0 amide bonds. The molecule has 0 unspecified atom stereocenters. The Kier molecular flexibility index (Phi) is 3.65. The number of nitrogens with two attached hydrogens (primary N) is 1. The van der Waals surface area contributed by atoms with Gasteiger partial charge in [-0.05, 0) is 56.0 Å². The Labute approximate surface area is 175 Å². The second-order valence-corrected chi connectivity index (χ2v) is 8.33. The Morgan fingerprint density at radius 2 is 1.80 bits per heavy atom. The van der Waals surface area contributed by atoms with Gasteiger partial charge in [-0.15, -0.1) is 0 Å². The number of imidazole rings is 1. The zero-order valence-electron chi connectivity index (χ0n) is 16.9. The van der Waals surface area contributed by atoms with Crippen molar-refractivity contribution in [3.05, 3.63) is 78.1 Å². The Bertz CT molecular complexity index is 1270. The van der Waals surface area contributed by atoms with Crippen LogP contribution >= 0.6 is 0 Å². The molecule has 5 heteroatoms. The molecule has 0 saturated heterocycles. The quantitative estimate of drug-likeness (QED) is 0.427. The number of anilines is 2.